The molecule has 3 fully saturated rings. The number of fused-ring (bicyclic) bond motifs is 4. The maximum Gasteiger partial charge on any atom is 0.309 e. The third-order valence-electron chi connectivity index (χ3n) is 7.86. The highest BCUT2D eigenvalue weighted by Crippen LogP contribution is 2.52. The molecule has 2 bridgehead atoms. The predicted octanol–water partition coefficient (Wildman–Crippen LogP) is 6.06. The summed E-state index contributed by atoms with van der Waals surface area (Å²) in [6, 6.07) is 13.7. The standard InChI is InChI=1S/C27H26F2N2O3/c1-16-21(24(32)31-27-12-9-26(10-13-27,11-14-27)25(33)34)19-15-18(23(28)29)7-8-20(19)30-22(16)17-5-3-2-4-6-17/h2-8,15,23H,9-14H2,1H3,(H,31,32)(H,33,34). The topological polar surface area (TPSA) is 79.3 Å². The Morgan fingerprint density at radius 1 is 1.00 bits per heavy atom. The van der Waals surface area contributed by atoms with Crippen LogP contribution in [0.2, 0.25) is 0 Å². The van der Waals surface area contributed by atoms with E-state index >= 15 is 0 Å². The van der Waals surface area contributed by atoms with Crippen molar-refractivity contribution in [2.45, 2.75) is 57.4 Å². The van der Waals surface area contributed by atoms with E-state index in [1.54, 1.807) is 13.0 Å². The number of aromatic nitrogens is 1. The van der Waals surface area contributed by atoms with E-state index in [4.69, 9.17) is 4.98 Å². The summed E-state index contributed by atoms with van der Waals surface area (Å²) in [5.74, 6) is -1.08. The number of nitrogens with zero attached hydrogens (tertiary/aromatic N) is 1. The second-order valence-corrected chi connectivity index (χ2v) is 9.72. The Hall–Kier alpha value is -3.35. The van der Waals surface area contributed by atoms with E-state index in [0.717, 1.165) is 5.56 Å². The number of hydrogen-bond donors (Lipinski definition) is 2. The summed E-state index contributed by atoms with van der Waals surface area (Å²) in [4.78, 5) is 30.3. The molecule has 0 aliphatic heterocycles. The van der Waals surface area contributed by atoms with Crippen molar-refractivity contribution in [3.05, 3.63) is 65.2 Å². The summed E-state index contributed by atoms with van der Waals surface area (Å²) in [6.07, 6.45) is 0.730. The van der Waals surface area contributed by atoms with Crippen molar-refractivity contribution >= 4 is 22.8 Å². The van der Waals surface area contributed by atoms with E-state index in [1.807, 2.05) is 30.3 Å². The molecule has 1 aromatic heterocycles. The first kappa shape index (κ1) is 22.4. The number of nitrogens with one attached hydrogen (secondary N) is 1. The molecule has 1 heterocycles. The van der Waals surface area contributed by atoms with Crippen LogP contribution in [0.1, 0.15) is 66.4 Å². The van der Waals surface area contributed by atoms with Gasteiger partial charge in [-0.3, -0.25) is 9.59 Å². The molecule has 3 aliphatic carbocycles. The molecule has 0 unspecified atom stereocenters. The summed E-state index contributed by atoms with van der Waals surface area (Å²) < 4.78 is 27.0. The number of carboxylic acid groups (broad SMARTS) is 1. The van der Waals surface area contributed by atoms with Gasteiger partial charge in [0.15, 0.2) is 0 Å². The third kappa shape index (κ3) is 3.63. The summed E-state index contributed by atoms with van der Waals surface area (Å²) in [5, 5.41) is 13.3. The van der Waals surface area contributed by atoms with Gasteiger partial charge < -0.3 is 10.4 Å². The van der Waals surface area contributed by atoms with Gasteiger partial charge in [-0.2, -0.15) is 0 Å². The zero-order chi connectivity index (χ0) is 24.1. The summed E-state index contributed by atoms with van der Waals surface area (Å²) in [7, 11) is 0. The third-order valence-corrected chi connectivity index (χ3v) is 7.86. The Morgan fingerprint density at radius 3 is 2.24 bits per heavy atom. The van der Waals surface area contributed by atoms with E-state index in [9.17, 15) is 23.5 Å². The fourth-order valence-corrected chi connectivity index (χ4v) is 5.68. The van der Waals surface area contributed by atoms with Crippen LogP contribution in [0.5, 0.6) is 0 Å². The highest BCUT2D eigenvalue weighted by molar-refractivity contribution is 6.09. The van der Waals surface area contributed by atoms with Gasteiger partial charge in [0.05, 0.1) is 22.2 Å². The number of aliphatic carboxylic acids is 1. The highest BCUT2D eigenvalue weighted by atomic mass is 19.3. The Labute approximate surface area is 196 Å². The molecule has 0 radical (unpaired) electrons. The van der Waals surface area contributed by atoms with Gasteiger partial charge >= 0.3 is 5.97 Å². The molecule has 3 aliphatic rings. The van der Waals surface area contributed by atoms with Crippen LogP contribution in [0.15, 0.2) is 48.5 Å². The van der Waals surface area contributed by atoms with Crippen molar-refractivity contribution in [1.82, 2.24) is 10.3 Å². The number of benzene rings is 2. The van der Waals surface area contributed by atoms with Gasteiger partial charge in [0.2, 0.25) is 0 Å². The van der Waals surface area contributed by atoms with Gasteiger partial charge in [-0.1, -0.05) is 36.4 Å². The SMILES string of the molecule is Cc1c(-c2ccccc2)nc2ccc(C(F)F)cc2c1C(=O)NC12CCC(C(=O)O)(CC1)CC2. The number of alkyl halides is 2. The quantitative estimate of drug-likeness (QED) is 0.481. The van der Waals surface area contributed by atoms with Crippen molar-refractivity contribution in [2.75, 3.05) is 0 Å². The molecule has 6 rings (SSSR count). The number of carboxylic acids is 1. The second kappa shape index (κ2) is 8.15. The molecular formula is C27H26F2N2O3. The van der Waals surface area contributed by atoms with Crippen LogP contribution in [-0.4, -0.2) is 27.5 Å². The molecule has 0 saturated heterocycles. The monoisotopic (exact) mass is 464 g/mol. The molecule has 2 N–H and O–H groups in total. The Bertz CT molecular complexity index is 1270. The van der Waals surface area contributed by atoms with Gasteiger partial charge in [0.25, 0.3) is 12.3 Å². The van der Waals surface area contributed by atoms with E-state index < -0.39 is 23.3 Å². The molecule has 0 spiro atoms. The first-order chi connectivity index (χ1) is 16.2. The van der Waals surface area contributed by atoms with Crippen LogP contribution in [0.4, 0.5) is 8.78 Å². The van der Waals surface area contributed by atoms with Gasteiger partial charge in [-0.25, -0.2) is 13.8 Å². The van der Waals surface area contributed by atoms with Gasteiger partial charge in [-0.05, 0) is 63.1 Å². The lowest BCUT2D eigenvalue weighted by molar-refractivity contribution is -0.156. The van der Waals surface area contributed by atoms with Crippen LogP contribution in [0, 0.1) is 12.3 Å². The first-order valence-corrected chi connectivity index (χ1v) is 11.6. The number of halogens is 2. The molecule has 2 aromatic carbocycles. The number of amides is 1. The van der Waals surface area contributed by atoms with E-state index in [1.165, 1.54) is 12.1 Å². The molecule has 5 nitrogen and oxygen atoms in total. The smallest absolute Gasteiger partial charge is 0.309 e. The first-order valence-electron chi connectivity index (χ1n) is 11.6. The summed E-state index contributed by atoms with van der Waals surface area (Å²) in [5.41, 5.74) is 1.63. The number of carbonyl (C=O) groups is 2. The number of pyridine rings is 1. The van der Waals surface area contributed by atoms with Gasteiger partial charge in [0, 0.05) is 22.1 Å². The number of carbonyl (C=O) groups excluding carboxylic acids is 1. The van der Waals surface area contributed by atoms with Crippen LogP contribution in [0.3, 0.4) is 0 Å². The minimum Gasteiger partial charge on any atom is -0.481 e. The average molecular weight is 465 g/mol. The predicted molar refractivity (Wildman–Crippen MR) is 125 cm³/mol. The maximum absolute atomic E-state index is 13.8. The minimum absolute atomic E-state index is 0.157. The van der Waals surface area contributed by atoms with Crippen molar-refractivity contribution in [1.29, 1.82) is 0 Å². The molecule has 1 amide bonds. The molecule has 34 heavy (non-hydrogen) atoms. The molecular weight excluding hydrogens is 438 g/mol. The van der Waals surface area contributed by atoms with Crippen LogP contribution in [0.25, 0.3) is 22.2 Å². The maximum atomic E-state index is 13.8. The van der Waals surface area contributed by atoms with Crippen LogP contribution >= 0.6 is 0 Å². The number of rotatable bonds is 5. The normalized spacial score (nSPS) is 23.9. The lowest BCUT2D eigenvalue weighted by Crippen LogP contribution is -2.58. The second-order valence-electron chi connectivity index (χ2n) is 9.72. The largest absolute Gasteiger partial charge is 0.481 e. The zero-order valence-corrected chi connectivity index (χ0v) is 18.9. The minimum atomic E-state index is -2.66. The summed E-state index contributed by atoms with van der Waals surface area (Å²) >= 11 is 0. The highest BCUT2D eigenvalue weighted by Gasteiger charge is 2.53. The van der Waals surface area contributed by atoms with Gasteiger partial charge in [0.1, 0.15) is 0 Å². The van der Waals surface area contributed by atoms with Crippen molar-refractivity contribution in [3.63, 3.8) is 0 Å². The molecule has 3 aromatic rings. The van der Waals surface area contributed by atoms with E-state index in [0.29, 0.717) is 66.2 Å². The Morgan fingerprint density at radius 2 is 1.65 bits per heavy atom. The fourth-order valence-electron chi connectivity index (χ4n) is 5.68. The molecule has 7 heteroatoms. The Balaban J connectivity index is 1.58. The van der Waals surface area contributed by atoms with Gasteiger partial charge in [-0.15, -0.1) is 0 Å². The lowest BCUT2D eigenvalue weighted by atomic mass is 9.57. The number of hydrogen-bond acceptors (Lipinski definition) is 3. The zero-order valence-electron chi connectivity index (χ0n) is 18.9. The van der Waals surface area contributed by atoms with Crippen molar-refractivity contribution in [2.24, 2.45) is 5.41 Å². The average Bonchev–Trinajstić information content (AvgIpc) is 2.84. The Kier molecular flexibility index (Phi) is 5.38. The van der Waals surface area contributed by atoms with E-state index in [-0.39, 0.29) is 11.5 Å². The van der Waals surface area contributed by atoms with Crippen LogP contribution in [-0.2, 0) is 4.79 Å². The van der Waals surface area contributed by atoms with Crippen molar-refractivity contribution < 1.29 is 23.5 Å². The molecule has 3 saturated carbocycles. The van der Waals surface area contributed by atoms with E-state index in [2.05, 4.69) is 5.32 Å². The molecule has 176 valence electrons. The lowest BCUT2D eigenvalue weighted by Gasteiger charge is -2.51. The van der Waals surface area contributed by atoms with Crippen LogP contribution < -0.4 is 5.32 Å². The summed E-state index contributed by atoms with van der Waals surface area (Å²) in [6.45, 7) is 1.80. The molecule has 0 atom stereocenters. The van der Waals surface area contributed by atoms with Crippen molar-refractivity contribution in [3.8, 4) is 11.3 Å². The fraction of sp³-hybridized carbons (Fsp3) is 0.370.